The second-order valence-electron chi connectivity index (χ2n) is 3.10. The Balaban J connectivity index is 2.60. The van der Waals surface area contributed by atoms with Crippen molar-refractivity contribution < 1.29 is 4.74 Å². The second kappa shape index (κ2) is 2.15. The summed E-state index contributed by atoms with van der Waals surface area (Å²) in [6, 6.07) is 0. The second-order valence-corrected chi connectivity index (χ2v) is 3.10. The predicted molar refractivity (Wildman–Crippen MR) is 37.6 cm³/mol. The van der Waals surface area contributed by atoms with Crippen LogP contribution < -0.4 is 0 Å². The molecular weight excluding hydrogens is 130 g/mol. The summed E-state index contributed by atoms with van der Waals surface area (Å²) in [6.07, 6.45) is 0.365. The highest BCUT2D eigenvalue weighted by Crippen LogP contribution is 2.34. The molecular formula is C6H11N3O. The maximum Gasteiger partial charge on any atom is 0.0946 e. The molecule has 2 unspecified atom stereocenters. The molecule has 0 N–H and O–H groups in total. The van der Waals surface area contributed by atoms with Crippen LogP contribution in [-0.2, 0) is 4.74 Å². The minimum absolute atomic E-state index is 0.114. The van der Waals surface area contributed by atoms with E-state index in [1.807, 2.05) is 20.8 Å². The van der Waals surface area contributed by atoms with Crippen molar-refractivity contribution in [2.24, 2.45) is 5.11 Å². The first-order valence-electron chi connectivity index (χ1n) is 3.29. The molecule has 56 valence electrons. The Hall–Kier alpha value is -0.730. The van der Waals surface area contributed by atoms with E-state index < -0.39 is 0 Å². The van der Waals surface area contributed by atoms with Gasteiger partial charge < -0.3 is 4.74 Å². The molecule has 1 aliphatic heterocycles. The van der Waals surface area contributed by atoms with Gasteiger partial charge in [-0.1, -0.05) is 19.0 Å². The zero-order chi connectivity index (χ0) is 7.78. The number of hydrogen-bond acceptors (Lipinski definition) is 2. The summed E-state index contributed by atoms with van der Waals surface area (Å²) in [5.74, 6) is 0. The van der Waals surface area contributed by atoms with Gasteiger partial charge in [0.1, 0.15) is 0 Å². The van der Waals surface area contributed by atoms with Crippen molar-refractivity contribution in [2.45, 2.75) is 38.5 Å². The van der Waals surface area contributed by atoms with Crippen molar-refractivity contribution in [2.75, 3.05) is 0 Å². The van der Waals surface area contributed by atoms with Gasteiger partial charge in [-0.25, -0.2) is 0 Å². The number of rotatable bonds is 2. The van der Waals surface area contributed by atoms with Gasteiger partial charge in [0.2, 0.25) is 0 Å². The zero-order valence-corrected chi connectivity index (χ0v) is 6.40. The van der Waals surface area contributed by atoms with Gasteiger partial charge in [0.25, 0.3) is 0 Å². The first kappa shape index (κ1) is 7.38. The lowest BCUT2D eigenvalue weighted by atomic mass is 10.0. The van der Waals surface area contributed by atoms with Gasteiger partial charge in [-0.05, 0) is 12.5 Å². The van der Waals surface area contributed by atoms with Crippen LogP contribution in [0.4, 0.5) is 0 Å². The molecule has 0 bridgehead atoms. The molecule has 0 spiro atoms. The van der Waals surface area contributed by atoms with E-state index in [-0.39, 0.29) is 17.7 Å². The topological polar surface area (TPSA) is 61.3 Å². The van der Waals surface area contributed by atoms with Gasteiger partial charge >= 0.3 is 0 Å². The van der Waals surface area contributed by atoms with Gasteiger partial charge in [0, 0.05) is 4.91 Å². The summed E-state index contributed by atoms with van der Waals surface area (Å²) in [4.78, 5) is 2.75. The van der Waals surface area contributed by atoms with Crippen molar-refractivity contribution >= 4 is 0 Å². The van der Waals surface area contributed by atoms with Crippen LogP contribution >= 0.6 is 0 Å². The van der Waals surface area contributed by atoms with Gasteiger partial charge in [-0.15, -0.1) is 0 Å². The summed E-state index contributed by atoms with van der Waals surface area (Å²) in [5, 5.41) is 3.62. The van der Waals surface area contributed by atoms with Gasteiger partial charge in [-0.2, -0.15) is 0 Å². The van der Waals surface area contributed by atoms with Gasteiger partial charge in [0.05, 0.1) is 17.7 Å². The van der Waals surface area contributed by atoms with Crippen molar-refractivity contribution in [1.82, 2.24) is 0 Å². The Morgan fingerprint density at radius 3 is 2.40 bits per heavy atom. The molecule has 1 fully saturated rings. The lowest BCUT2D eigenvalue weighted by molar-refractivity contribution is 0.311. The monoisotopic (exact) mass is 141 g/mol. The standard InChI is InChI=1S/C6H11N3O/c1-4-5(10-4)6(2,3)8-9-7/h4-5H,1-3H3. The lowest BCUT2D eigenvalue weighted by Crippen LogP contribution is -2.24. The molecule has 0 amide bonds. The number of nitrogens with zero attached hydrogens (tertiary/aromatic N) is 3. The van der Waals surface area contributed by atoms with Crippen molar-refractivity contribution in [1.29, 1.82) is 0 Å². The van der Waals surface area contributed by atoms with Crippen LogP contribution in [0, 0.1) is 0 Å². The molecule has 1 aliphatic rings. The van der Waals surface area contributed by atoms with E-state index in [1.165, 1.54) is 0 Å². The maximum absolute atomic E-state index is 8.17. The Morgan fingerprint density at radius 1 is 1.60 bits per heavy atom. The van der Waals surface area contributed by atoms with Crippen LogP contribution in [-0.4, -0.2) is 17.7 Å². The Morgan fingerprint density at radius 2 is 2.10 bits per heavy atom. The maximum atomic E-state index is 8.17. The fourth-order valence-electron chi connectivity index (χ4n) is 1.10. The lowest BCUT2D eigenvalue weighted by Gasteiger charge is -2.12. The first-order chi connectivity index (χ1) is 4.58. The largest absolute Gasteiger partial charge is 0.369 e. The minimum atomic E-state index is -0.381. The van der Waals surface area contributed by atoms with E-state index in [2.05, 4.69) is 10.0 Å². The molecule has 0 aliphatic carbocycles. The van der Waals surface area contributed by atoms with E-state index in [0.717, 1.165) is 0 Å². The third kappa shape index (κ3) is 1.23. The summed E-state index contributed by atoms with van der Waals surface area (Å²) >= 11 is 0. The predicted octanol–water partition coefficient (Wildman–Crippen LogP) is 1.86. The SMILES string of the molecule is CC1OC1C(C)(C)N=[N+]=[N-]. The molecule has 0 saturated carbocycles. The molecule has 0 aromatic carbocycles. The highest BCUT2D eigenvalue weighted by molar-refractivity contribution is 4.99. The average molecular weight is 141 g/mol. The van der Waals surface area contributed by atoms with Crippen LogP contribution in [0.15, 0.2) is 5.11 Å². The van der Waals surface area contributed by atoms with Crippen LogP contribution in [0.1, 0.15) is 20.8 Å². The fraction of sp³-hybridized carbons (Fsp3) is 1.00. The van der Waals surface area contributed by atoms with Crippen molar-refractivity contribution in [3.63, 3.8) is 0 Å². The summed E-state index contributed by atoms with van der Waals surface area (Å²) in [5.41, 5.74) is 7.79. The van der Waals surface area contributed by atoms with E-state index in [0.29, 0.717) is 0 Å². The summed E-state index contributed by atoms with van der Waals surface area (Å²) < 4.78 is 5.17. The Bertz CT molecular complexity index is 183. The Labute approximate surface area is 59.8 Å². The van der Waals surface area contributed by atoms with Crippen LogP contribution in [0.2, 0.25) is 0 Å². The highest BCUT2D eigenvalue weighted by atomic mass is 16.6. The molecule has 4 heteroatoms. The third-order valence-corrected chi connectivity index (χ3v) is 1.71. The molecule has 1 heterocycles. The quantitative estimate of drug-likeness (QED) is 0.250. The number of ether oxygens (including phenoxy) is 1. The number of epoxide rings is 1. The third-order valence-electron chi connectivity index (χ3n) is 1.71. The molecule has 0 aromatic rings. The van der Waals surface area contributed by atoms with E-state index >= 15 is 0 Å². The van der Waals surface area contributed by atoms with Gasteiger partial charge in [-0.3, -0.25) is 0 Å². The Kier molecular flexibility index (Phi) is 1.58. The summed E-state index contributed by atoms with van der Waals surface area (Å²) in [7, 11) is 0. The number of azide groups is 1. The van der Waals surface area contributed by atoms with Crippen LogP contribution in [0.3, 0.4) is 0 Å². The normalized spacial score (nSPS) is 31.1. The molecule has 1 saturated heterocycles. The summed E-state index contributed by atoms with van der Waals surface area (Å²) in [6.45, 7) is 5.72. The molecule has 4 nitrogen and oxygen atoms in total. The average Bonchev–Trinajstić information content (AvgIpc) is 2.46. The van der Waals surface area contributed by atoms with E-state index in [1.54, 1.807) is 0 Å². The molecule has 10 heavy (non-hydrogen) atoms. The smallest absolute Gasteiger partial charge is 0.0946 e. The highest BCUT2D eigenvalue weighted by Gasteiger charge is 2.46. The number of hydrogen-bond donors (Lipinski definition) is 0. The van der Waals surface area contributed by atoms with Crippen LogP contribution in [0.5, 0.6) is 0 Å². The zero-order valence-electron chi connectivity index (χ0n) is 6.40. The molecule has 0 aromatic heterocycles. The molecule has 2 atom stereocenters. The van der Waals surface area contributed by atoms with E-state index in [4.69, 9.17) is 10.3 Å². The molecule has 0 radical (unpaired) electrons. The van der Waals surface area contributed by atoms with Crippen LogP contribution in [0.25, 0.3) is 10.4 Å². The van der Waals surface area contributed by atoms with Crippen molar-refractivity contribution in [3.8, 4) is 0 Å². The van der Waals surface area contributed by atoms with Crippen molar-refractivity contribution in [3.05, 3.63) is 10.4 Å². The molecule has 1 rings (SSSR count). The fourth-order valence-corrected chi connectivity index (χ4v) is 1.10. The first-order valence-corrected chi connectivity index (χ1v) is 3.29. The van der Waals surface area contributed by atoms with Gasteiger partial charge in [0.15, 0.2) is 0 Å². The van der Waals surface area contributed by atoms with E-state index in [9.17, 15) is 0 Å². The minimum Gasteiger partial charge on any atom is -0.369 e.